The fourth-order valence-corrected chi connectivity index (χ4v) is 14.6. The summed E-state index contributed by atoms with van der Waals surface area (Å²) in [6.45, 7) is 27.5. The van der Waals surface area contributed by atoms with Crippen LogP contribution in [0.4, 0.5) is 35.1 Å². The van der Waals surface area contributed by atoms with Gasteiger partial charge < -0.3 is 54.9 Å². The Hall–Kier alpha value is -5.97. The molecule has 0 saturated carbocycles. The molecule has 0 N–H and O–H groups in total. The average Bonchev–Trinajstić information content (AvgIpc) is 0.828. The van der Waals surface area contributed by atoms with Gasteiger partial charge >= 0.3 is 44.9 Å². The molecule has 5 atom stereocenters. The number of esters is 4. The van der Waals surface area contributed by atoms with E-state index in [1.165, 1.54) is 53.4 Å². The summed E-state index contributed by atoms with van der Waals surface area (Å²) in [5.74, 6) is -3.53. The SMILES string of the molecule is C.C.C.C.C.C.C.C.CC(=O)OC(C)C(F)(F)S(=O)(=O)[O-].CC(=O)OC(C)C(F)(F)S(=O)(=O)[O-].CCC(=O)OC(C)C(F)(F)S(=O)(=O)[O-].CCCC(=O)OC(C)C(F)(F)S(=O)(=O)[O-].CO[Si](C)(C)CC(C)c1ccccc1.CO[Si](C)(C)CCc1ccccc1.CO[Si](C)(C)CCc1ccccc1.CO[Si](C)(C)CCc1ccccc1.[CH3+].[CH3+].[CH3+].[CH3+]. The summed E-state index contributed by atoms with van der Waals surface area (Å²) in [5.41, 5.74) is 5.67. The zero-order valence-electron chi connectivity index (χ0n) is 69.0. The van der Waals surface area contributed by atoms with Crippen LogP contribution in [0.3, 0.4) is 0 Å². The van der Waals surface area contributed by atoms with Gasteiger partial charge in [0.1, 0.15) is 0 Å². The second-order valence-corrected chi connectivity index (χ2v) is 49.7. The van der Waals surface area contributed by atoms with Crippen LogP contribution in [0.5, 0.6) is 0 Å². The van der Waals surface area contributed by atoms with E-state index >= 15 is 0 Å². The Morgan fingerprint density at radius 1 is 0.358 bits per heavy atom. The first-order valence-corrected chi connectivity index (χ1v) is 51.4. The number of halogens is 8. The molecule has 4 aromatic rings. The first kappa shape index (κ1) is 152. The van der Waals surface area contributed by atoms with Crippen molar-refractivity contribution < 1.29 is 143 Å². The van der Waals surface area contributed by atoms with Gasteiger partial charge in [-0.15, -0.1) is 0 Å². The molecule has 24 nitrogen and oxygen atoms in total. The van der Waals surface area contributed by atoms with Crippen LogP contribution in [0.2, 0.25) is 76.6 Å². The molecule has 120 heavy (non-hydrogen) atoms. The van der Waals surface area contributed by atoms with Crippen LogP contribution in [0.15, 0.2) is 121 Å². The number of ether oxygens (including phenoxy) is 4. The summed E-state index contributed by atoms with van der Waals surface area (Å²) in [6.07, 6.45) is -5.60. The van der Waals surface area contributed by atoms with Crippen LogP contribution in [0.25, 0.3) is 0 Å². The molecule has 0 radical (unpaired) electrons. The third-order valence-electron chi connectivity index (χ3n) is 15.2. The lowest BCUT2D eigenvalue weighted by Gasteiger charge is -2.25. The predicted octanol–water partition coefficient (Wildman–Crippen LogP) is 21.2. The van der Waals surface area contributed by atoms with Gasteiger partial charge in [-0.1, -0.05) is 202 Å². The number of benzene rings is 4. The molecule has 712 valence electrons. The fourth-order valence-electron chi connectivity index (χ4n) is 7.62. The van der Waals surface area contributed by atoms with Gasteiger partial charge in [-0.25, -0.2) is 33.7 Å². The topological polar surface area (TPSA) is 371 Å². The normalized spacial score (nSPS) is 12.3. The van der Waals surface area contributed by atoms with Crippen molar-refractivity contribution in [3.05, 3.63) is 173 Å². The van der Waals surface area contributed by atoms with E-state index in [0.717, 1.165) is 33.1 Å². The van der Waals surface area contributed by atoms with E-state index in [1.807, 2.05) is 28.4 Å². The molecule has 0 saturated heterocycles. The highest BCUT2D eigenvalue weighted by molar-refractivity contribution is 7.87. The lowest BCUT2D eigenvalue weighted by molar-refractivity contribution is -0.160. The summed E-state index contributed by atoms with van der Waals surface area (Å²) < 4.78 is 259. The van der Waals surface area contributed by atoms with Crippen LogP contribution in [-0.2, 0) is 116 Å². The number of hydrogen-bond donors (Lipinski definition) is 0. The quantitative estimate of drug-likeness (QED) is 0.0113. The van der Waals surface area contributed by atoms with E-state index in [-0.39, 0.29) is 102 Å². The lowest BCUT2D eigenvalue weighted by atomic mass is 10.0. The van der Waals surface area contributed by atoms with Crippen LogP contribution >= 0.6 is 0 Å². The molecule has 5 unspecified atom stereocenters. The van der Waals surface area contributed by atoms with Crippen LogP contribution in [0.1, 0.15) is 169 Å². The van der Waals surface area contributed by atoms with Crippen LogP contribution in [0, 0.1) is 29.7 Å². The summed E-state index contributed by atoms with van der Waals surface area (Å²) in [6, 6.07) is 47.3. The van der Waals surface area contributed by atoms with E-state index in [0.29, 0.717) is 40.0 Å². The van der Waals surface area contributed by atoms with Crippen molar-refractivity contribution in [2.24, 2.45) is 0 Å². The zero-order valence-corrected chi connectivity index (χ0v) is 76.2. The van der Waals surface area contributed by atoms with Gasteiger partial charge in [0, 0.05) is 84.8 Å². The van der Waals surface area contributed by atoms with E-state index in [2.05, 4.69) is 200 Å². The standard InChI is InChI=1S/C12H20OSi.3C11H18OSi.C7H12F2O5S.C6H10F2O5S.2C5H8F2O5S.8CH4.4CH3/c1-11(10-14(3,4)13-2)12-8-6-5-7-9-12;3*1-12-13(2,3)10-9-11-7-5-4-6-8-11;1-3-4-6(10)14-5(2)7(8,9)15(11,12)13;1-3-5(9)13-4(2)6(7,8)14(10,11)12;2*1-3(12-4(2)8)5(6,7)13(9,10)11;;;;;;;;;;;;/h5-9,11H,10H2,1-4H3;3*4-8H,9-10H2,1-3H3;5H,3-4H2,1-2H3,(H,11,12,13);4H,3H2,1-2H3,(H,10,11,12);2*3H,1-2H3,(H,9,10,11);8*1H4;4*1H3/q;;;;;;;;;;;;;;;;4*+1/p-4. The summed E-state index contributed by atoms with van der Waals surface area (Å²) in [5, 5.41) is -18.4. The molecule has 0 aliphatic carbocycles. The average molecular weight is 1890 g/mol. The molecule has 4 rings (SSSR count). The van der Waals surface area contributed by atoms with Crippen molar-refractivity contribution in [1.29, 1.82) is 0 Å². The van der Waals surface area contributed by atoms with Crippen LogP contribution in [-0.4, -0.2) is 183 Å². The van der Waals surface area contributed by atoms with Gasteiger partial charge in [0.05, 0.1) is 0 Å². The number of hydrogen-bond acceptors (Lipinski definition) is 24. The van der Waals surface area contributed by atoms with Crippen molar-refractivity contribution in [3.63, 3.8) is 0 Å². The number of aryl methyl sites for hydroxylation is 3. The van der Waals surface area contributed by atoms with Crippen molar-refractivity contribution in [3.8, 4) is 0 Å². The maximum atomic E-state index is 12.7. The molecular formula is C80H152F8O24S4Si4. The predicted molar refractivity (Wildman–Crippen MR) is 479 cm³/mol. The first-order chi connectivity index (χ1) is 48.9. The molecule has 0 heterocycles. The Morgan fingerprint density at radius 2 is 0.558 bits per heavy atom. The van der Waals surface area contributed by atoms with Gasteiger partial charge in [-0.2, -0.15) is 35.1 Å². The smallest absolute Gasteiger partial charge is 0.369 e. The van der Waals surface area contributed by atoms with E-state index in [9.17, 15) is 106 Å². The minimum atomic E-state index is -5.82. The molecule has 0 aliphatic rings. The first-order valence-electron chi connectivity index (χ1n) is 33.3. The third-order valence-corrected chi connectivity index (χ3v) is 29.6. The summed E-state index contributed by atoms with van der Waals surface area (Å²) in [4.78, 5) is 41.7. The minimum Gasteiger partial charge on any atom is -0.743 e. The van der Waals surface area contributed by atoms with Gasteiger partial charge in [0.2, 0.25) is 0 Å². The van der Waals surface area contributed by atoms with Crippen molar-refractivity contribution in [2.45, 2.75) is 288 Å². The third kappa shape index (κ3) is 64.8. The molecule has 0 aliphatic heterocycles. The molecule has 0 bridgehead atoms. The van der Waals surface area contributed by atoms with Gasteiger partial charge in [0.15, 0.2) is 98.2 Å². The molecular weight excluding hydrogens is 1740 g/mol. The Kier molecular flexibility index (Phi) is 87.6. The lowest BCUT2D eigenvalue weighted by Crippen LogP contribution is -2.42. The maximum absolute atomic E-state index is 12.7. The summed E-state index contributed by atoms with van der Waals surface area (Å²) in [7, 11) is -21.4. The fraction of sp³-hybridized carbons (Fsp3) is 0.600. The van der Waals surface area contributed by atoms with Gasteiger partial charge in [-0.05, 0) is 158 Å². The Balaban J connectivity index is -0.0000000726. The van der Waals surface area contributed by atoms with E-state index in [1.54, 1.807) is 6.92 Å². The highest BCUT2D eigenvalue weighted by Gasteiger charge is 2.49. The molecule has 4 aromatic carbocycles. The minimum absolute atomic E-state index is 0. The second-order valence-electron chi connectivity index (χ2n) is 26.3. The number of carbonyl (C=O) groups excluding carboxylic acids is 4. The molecule has 0 spiro atoms. The Labute approximate surface area is 726 Å². The zero-order chi connectivity index (χ0) is 85.4. The van der Waals surface area contributed by atoms with E-state index < -0.39 is 143 Å². The highest BCUT2D eigenvalue weighted by atomic mass is 32.2. The van der Waals surface area contributed by atoms with Crippen LogP contribution < -0.4 is 0 Å². The summed E-state index contributed by atoms with van der Waals surface area (Å²) >= 11 is 0. The van der Waals surface area contributed by atoms with Gasteiger partial charge in [0.25, 0.3) is 0 Å². The largest absolute Gasteiger partial charge is 0.743 e. The van der Waals surface area contributed by atoms with Crippen molar-refractivity contribution >= 4 is 97.6 Å². The monoisotopic (exact) mass is 1890 g/mol. The highest BCUT2D eigenvalue weighted by Crippen LogP contribution is 2.31. The number of alkyl halides is 8. The van der Waals surface area contributed by atoms with Crippen molar-refractivity contribution in [2.75, 3.05) is 28.4 Å². The van der Waals surface area contributed by atoms with Gasteiger partial charge in [-0.3, -0.25) is 19.2 Å². The number of carbonyl (C=O) groups is 4. The van der Waals surface area contributed by atoms with Crippen molar-refractivity contribution in [1.82, 2.24) is 0 Å². The Morgan fingerprint density at radius 3 is 0.742 bits per heavy atom. The second kappa shape index (κ2) is 69.3. The molecule has 0 fully saturated rings. The molecule has 0 aromatic heterocycles. The molecule has 40 heteroatoms. The molecule has 0 amide bonds. The number of rotatable bonds is 31. The maximum Gasteiger partial charge on any atom is 0.369 e. The van der Waals surface area contributed by atoms with E-state index in [4.69, 9.17) is 17.7 Å². The Bertz CT molecular complexity index is 3510.